The number of carbonyl (C=O) groups excluding carboxylic acids is 1. The van der Waals surface area contributed by atoms with Crippen LogP contribution in [0.1, 0.15) is 40.9 Å². The molecule has 0 radical (unpaired) electrons. The number of nitrogens with zero attached hydrogens (tertiary/aromatic N) is 2. The number of thiophene rings is 1. The van der Waals surface area contributed by atoms with E-state index in [1.807, 2.05) is 43.4 Å². The van der Waals surface area contributed by atoms with Crippen LogP contribution in [0.5, 0.6) is 5.75 Å². The number of methoxy groups -OCH3 is 1. The van der Waals surface area contributed by atoms with Gasteiger partial charge in [0.15, 0.2) is 0 Å². The molecule has 38 heavy (non-hydrogen) atoms. The van der Waals surface area contributed by atoms with Gasteiger partial charge in [-0.2, -0.15) is 0 Å². The summed E-state index contributed by atoms with van der Waals surface area (Å²) in [5, 5.41) is 3.23. The van der Waals surface area contributed by atoms with Crippen LogP contribution in [0, 0.1) is 11.6 Å². The Morgan fingerprint density at radius 2 is 1.89 bits per heavy atom. The number of aromatic nitrogens is 1. The molecule has 1 saturated carbocycles. The summed E-state index contributed by atoms with van der Waals surface area (Å²) >= 11 is 7.44. The molecule has 5 rings (SSSR count). The number of hydrogen-bond acceptors (Lipinski definition) is 5. The molecule has 0 spiro atoms. The molecule has 0 unspecified atom stereocenters. The lowest BCUT2D eigenvalue weighted by Crippen LogP contribution is -2.44. The van der Waals surface area contributed by atoms with E-state index in [2.05, 4.69) is 10.3 Å². The molecular formula is C29H28ClF2N3O2S. The molecule has 1 amide bonds. The molecule has 2 aromatic heterocycles. The van der Waals surface area contributed by atoms with Gasteiger partial charge in [-0.3, -0.25) is 9.78 Å². The van der Waals surface area contributed by atoms with Gasteiger partial charge in [-0.1, -0.05) is 17.7 Å². The first-order chi connectivity index (χ1) is 18.4. The Hall–Kier alpha value is -3.07. The summed E-state index contributed by atoms with van der Waals surface area (Å²) in [7, 11) is 3.54. The highest BCUT2D eigenvalue weighted by Gasteiger charge is 2.33. The number of rotatable bonds is 7. The van der Waals surface area contributed by atoms with Gasteiger partial charge in [0.2, 0.25) is 0 Å². The number of benzene rings is 2. The Balaban J connectivity index is 1.56. The van der Waals surface area contributed by atoms with E-state index in [1.54, 1.807) is 18.2 Å². The molecule has 2 heterocycles. The van der Waals surface area contributed by atoms with Crippen LogP contribution in [-0.2, 0) is 6.54 Å². The maximum atomic E-state index is 14.6. The van der Waals surface area contributed by atoms with Gasteiger partial charge in [-0.25, -0.2) is 8.78 Å². The maximum Gasteiger partial charge on any atom is 0.266 e. The first-order valence-electron chi connectivity index (χ1n) is 12.5. The van der Waals surface area contributed by atoms with E-state index < -0.39 is 11.6 Å². The first kappa shape index (κ1) is 26.5. The quantitative estimate of drug-likeness (QED) is 0.265. The zero-order valence-corrected chi connectivity index (χ0v) is 22.7. The van der Waals surface area contributed by atoms with Crippen molar-refractivity contribution >= 4 is 38.9 Å². The summed E-state index contributed by atoms with van der Waals surface area (Å²) < 4.78 is 34.8. The van der Waals surface area contributed by atoms with E-state index in [-0.39, 0.29) is 38.5 Å². The summed E-state index contributed by atoms with van der Waals surface area (Å²) in [5.74, 6) is -0.940. The highest BCUT2D eigenvalue weighted by atomic mass is 35.5. The van der Waals surface area contributed by atoms with Crippen molar-refractivity contribution in [2.45, 2.75) is 44.3 Å². The molecule has 9 heteroatoms. The lowest BCUT2D eigenvalue weighted by atomic mass is 9.89. The van der Waals surface area contributed by atoms with Gasteiger partial charge >= 0.3 is 0 Å². The summed E-state index contributed by atoms with van der Waals surface area (Å²) in [6, 6.07) is 13.9. The fraction of sp³-hybridized carbons (Fsp3) is 0.310. The van der Waals surface area contributed by atoms with Crippen molar-refractivity contribution in [1.29, 1.82) is 0 Å². The van der Waals surface area contributed by atoms with Crippen molar-refractivity contribution < 1.29 is 18.3 Å². The Morgan fingerprint density at radius 3 is 2.55 bits per heavy atom. The molecule has 5 nitrogen and oxygen atoms in total. The molecule has 0 bridgehead atoms. The van der Waals surface area contributed by atoms with Gasteiger partial charge in [0.1, 0.15) is 22.3 Å². The molecule has 1 aliphatic carbocycles. The third kappa shape index (κ3) is 5.13. The van der Waals surface area contributed by atoms with Crippen molar-refractivity contribution in [3.63, 3.8) is 0 Å². The number of halogens is 3. The van der Waals surface area contributed by atoms with Crippen LogP contribution in [0.2, 0.25) is 5.02 Å². The third-order valence-electron chi connectivity index (χ3n) is 7.26. The van der Waals surface area contributed by atoms with Crippen LogP contribution in [0.25, 0.3) is 21.3 Å². The van der Waals surface area contributed by atoms with Crippen molar-refractivity contribution in [2.24, 2.45) is 0 Å². The number of pyridine rings is 1. The van der Waals surface area contributed by atoms with Gasteiger partial charge in [-0.15, -0.1) is 11.3 Å². The molecular weight excluding hydrogens is 528 g/mol. The molecule has 2 aromatic carbocycles. The van der Waals surface area contributed by atoms with Gasteiger partial charge in [0.25, 0.3) is 5.91 Å². The third-order valence-corrected chi connectivity index (χ3v) is 8.94. The number of amides is 1. The van der Waals surface area contributed by atoms with Crippen molar-refractivity contribution in [1.82, 2.24) is 15.2 Å². The van der Waals surface area contributed by atoms with Crippen molar-refractivity contribution in [3.8, 4) is 17.0 Å². The summed E-state index contributed by atoms with van der Waals surface area (Å²) in [4.78, 5) is 20.5. The predicted molar refractivity (Wildman–Crippen MR) is 148 cm³/mol. The molecule has 0 atom stereocenters. The van der Waals surface area contributed by atoms with Gasteiger partial charge in [0.05, 0.1) is 27.9 Å². The van der Waals surface area contributed by atoms with E-state index in [0.29, 0.717) is 11.8 Å². The number of hydrogen-bond donors (Lipinski definition) is 1. The Labute approximate surface area is 229 Å². The van der Waals surface area contributed by atoms with Crippen LogP contribution >= 0.6 is 22.9 Å². The van der Waals surface area contributed by atoms with E-state index >= 15 is 0 Å². The van der Waals surface area contributed by atoms with Crippen LogP contribution < -0.4 is 10.1 Å². The molecule has 198 valence electrons. The minimum absolute atomic E-state index is 0.0462. The van der Waals surface area contributed by atoms with E-state index in [1.165, 1.54) is 0 Å². The zero-order valence-electron chi connectivity index (χ0n) is 21.1. The molecule has 0 aliphatic heterocycles. The van der Waals surface area contributed by atoms with Gasteiger partial charge in [-0.05, 0) is 75.2 Å². The number of fused-ring (bicyclic) bond motifs is 1. The number of ether oxygens (including phenoxy) is 1. The summed E-state index contributed by atoms with van der Waals surface area (Å²) in [6.07, 6.45) is 5.16. The second-order valence-electron chi connectivity index (χ2n) is 9.45. The van der Waals surface area contributed by atoms with Crippen LogP contribution in [0.3, 0.4) is 0 Å². The standard InChI is InChI=1S/C29H28ClF2N3O2S/c1-33-19-7-9-20(10-8-19)35(29(36)28-26(30)25-21(31)11-12-22(32)27(25)38-28)16-18-15-17(6-13-24(18)37-2)23-5-3-4-14-34-23/h3-6,11-15,19-20,33H,7-10,16H2,1-2H3/t19-,20-. The predicted octanol–water partition coefficient (Wildman–Crippen LogP) is 7.08. The van der Waals surface area contributed by atoms with Crippen LogP contribution in [0.15, 0.2) is 54.7 Å². The molecule has 0 saturated heterocycles. The monoisotopic (exact) mass is 555 g/mol. The lowest BCUT2D eigenvalue weighted by molar-refractivity contribution is 0.0604. The Morgan fingerprint density at radius 1 is 1.13 bits per heavy atom. The first-order valence-corrected chi connectivity index (χ1v) is 13.7. The van der Waals surface area contributed by atoms with E-state index in [9.17, 15) is 13.6 Å². The van der Waals surface area contributed by atoms with Gasteiger partial charge < -0.3 is 15.0 Å². The highest BCUT2D eigenvalue weighted by Crippen LogP contribution is 2.40. The minimum Gasteiger partial charge on any atom is -0.496 e. The Kier molecular flexibility index (Phi) is 7.93. The molecule has 1 fully saturated rings. The van der Waals surface area contributed by atoms with Crippen LogP contribution in [-0.4, -0.2) is 42.0 Å². The normalized spacial score (nSPS) is 17.5. The average Bonchev–Trinajstić information content (AvgIpc) is 3.32. The topological polar surface area (TPSA) is 54.5 Å². The Bertz CT molecular complexity index is 1460. The molecule has 4 aromatic rings. The molecule has 1 aliphatic rings. The summed E-state index contributed by atoms with van der Waals surface area (Å²) in [6.45, 7) is 0.257. The largest absolute Gasteiger partial charge is 0.496 e. The maximum absolute atomic E-state index is 14.6. The average molecular weight is 556 g/mol. The SMILES string of the molecule is CN[C@H]1CC[C@H](N(Cc2cc(-c3ccccn3)ccc2OC)C(=O)c2sc3c(F)ccc(F)c3c2Cl)CC1. The lowest BCUT2D eigenvalue weighted by Gasteiger charge is -2.37. The van der Waals surface area contributed by atoms with E-state index in [4.69, 9.17) is 16.3 Å². The summed E-state index contributed by atoms with van der Waals surface area (Å²) in [5.41, 5.74) is 2.52. The van der Waals surface area contributed by atoms with Crippen molar-refractivity contribution in [2.75, 3.05) is 14.2 Å². The van der Waals surface area contributed by atoms with Crippen LogP contribution in [0.4, 0.5) is 8.78 Å². The number of nitrogens with one attached hydrogen (secondary N) is 1. The number of carbonyl (C=O) groups is 1. The smallest absolute Gasteiger partial charge is 0.266 e. The molecule has 1 N–H and O–H groups in total. The second-order valence-corrected chi connectivity index (χ2v) is 10.8. The fourth-order valence-corrected chi connectivity index (χ4v) is 6.69. The highest BCUT2D eigenvalue weighted by molar-refractivity contribution is 7.21. The van der Waals surface area contributed by atoms with Crippen molar-refractivity contribution in [3.05, 3.63) is 81.8 Å². The zero-order chi connectivity index (χ0) is 26.8. The fourth-order valence-electron chi connectivity index (χ4n) is 5.19. The minimum atomic E-state index is -0.646. The second kappa shape index (κ2) is 11.4. The van der Waals surface area contributed by atoms with E-state index in [0.717, 1.165) is 66.0 Å². The van der Waals surface area contributed by atoms with Gasteiger partial charge in [0, 0.05) is 36.0 Å².